The van der Waals surface area contributed by atoms with Crippen molar-refractivity contribution in [2.75, 3.05) is 0 Å². The summed E-state index contributed by atoms with van der Waals surface area (Å²) in [6, 6.07) is 16.8. The Morgan fingerprint density at radius 1 is 0.708 bits per heavy atom. The maximum atomic E-state index is 6.37. The van der Waals surface area contributed by atoms with Crippen molar-refractivity contribution in [2.45, 2.75) is 38.9 Å². The SMILES string of the molecule is CC1(C)OB(c2c3ccccc3c(Br)c3ccccc23)OC1(C)C. The van der Waals surface area contributed by atoms with E-state index in [4.69, 9.17) is 9.31 Å². The van der Waals surface area contributed by atoms with E-state index < -0.39 is 0 Å². The van der Waals surface area contributed by atoms with Gasteiger partial charge in [-0.3, -0.25) is 0 Å². The number of hydrogen-bond donors (Lipinski definition) is 0. The summed E-state index contributed by atoms with van der Waals surface area (Å²) in [5.41, 5.74) is 0.405. The molecule has 4 heteroatoms. The van der Waals surface area contributed by atoms with Crippen LogP contribution in [0, 0.1) is 0 Å². The first-order valence-electron chi connectivity index (χ1n) is 8.26. The molecule has 2 nitrogen and oxygen atoms in total. The highest BCUT2D eigenvalue weighted by Crippen LogP contribution is 2.39. The van der Waals surface area contributed by atoms with Crippen LogP contribution in [0.1, 0.15) is 27.7 Å². The van der Waals surface area contributed by atoms with Gasteiger partial charge in [-0.25, -0.2) is 0 Å². The van der Waals surface area contributed by atoms with Crippen LogP contribution in [0.4, 0.5) is 0 Å². The third-order valence-corrected chi connectivity index (χ3v) is 6.25. The fraction of sp³-hybridized carbons (Fsp3) is 0.300. The van der Waals surface area contributed by atoms with Gasteiger partial charge in [-0.05, 0) is 70.6 Å². The fourth-order valence-corrected chi connectivity index (χ4v) is 4.02. The Bertz CT molecular complexity index is 876. The van der Waals surface area contributed by atoms with E-state index in [1.807, 2.05) is 0 Å². The van der Waals surface area contributed by atoms with E-state index in [-0.39, 0.29) is 18.3 Å². The average molecular weight is 383 g/mol. The largest absolute Gasteiger partial charge is 0.496 e. The normalized spacial score (nSPS) is 19.3. The molecule has 0 spiro atoms. The van der Waals surface area contributed by atoms with Gasteiger partial charge >= 0.3 is 7.12 Å². The number of rotatable bonds is 1. The van der Waals surface area contributed by atoms with Gasteiger partial charge in [-0.2, -0.15) is 0 Å². The van der Waals surface area contributed by atoms with Crippen molar-refractivity contribution in [2.24, 2.45) is 0 Å². The second-order valence-corrected chi connectivity index (χ2v) is 8.20. The van der Waals surface area contributed by atoms with Crippen LogP contribution < -0.4 is 5.46 Å². The fourth-order valence-electron chi connectivity index (χ4n) is 3.32. The predicted octanol–water partition coefficient (Wildman–Crippen LogP) is 5.05. The van der Waals surface area contributed by atoms with Gasteiger partial charge in [0.1, 0.15) is 0 Å². The molecule has 1 heterocycles. The molecule has 3 aromatic carbocycles. The Kier molecular flexibility index (Phi) is 3.58. The quantitative estimate of drug-likeness (QED) is 0.432. The molecular weight excluding hydrogens is 363 g/mol. The van der Waals surface area contributed by atoms with Gasteiger partial charge in [0.05, 0.1) is 11.2 Å². The van der Waals surface area contributed by atoms with Crippen molar-refractivity contribution >= 4 is 50.1 Å². The zero-order chi connectivity index (χ0) is 17.1. The van der Waals surface area contributed by atoms with Crippen LogP contribution in [-0.2, 0) is 9.31 Å². The van der Waals surface area contributed by atoms with Crippen LogP contribution in [0.15, 0.2) is 53.0 Å². The zero-order valence-corrected chi connectivity index (χ0v) is 16.0. The molecule has 1 aliphatic rings. The number of fused-ring (bicyclic) bond motifs is 2. The number of benzene rings is 3. The molecule has 1 aliphatic heterocycles. The summed E-state index contributed by atoms with van der Waals surface area (Å²) in [6.45, 7) is 8.37. The molecule has 3 aromatic rings. The summed E-state index contributed by atoms with van der Waals surface area (Å²) in [6.07, 6.45) is 0. The van der Waals surface area contributed by atoms with Crippen molar-refractivity contribution in [1.82, 2.24) is 0 Å². The molecule has 0 saturated carbocycles. The van der Waals surface area contributed by atoms with E-state index in [0.29, 0.717) is 0 Å². The first-order chi connectivity index (χ1) is 11.3. The minimum absolute atomic E-state index is 0.354. The van der Waals surface area contributed by atoms with Crippen molar-refractivity contribution in [3.05, 3.63) is 53.0 Å². The van der Waals surface area contributed by atoms with E-state index in [9.17, 15) is 0 Å². The molecule has 1 saturated heterocycles. The van der Waals surface area contributed by atoms with E-state index >= 15 is 0 Å². The van der Waals surface area contributed by atoms with Crippen LogP contribution in [0.5, 0.6) is 0 Å². The van der Waals surface area contributed by atoms with Crippen molar-refractivity contribution in [3.8, 4) is 0 Å². The first-order valence-corrected chi connectivity index (χ1v) is 9.06. The van der Waals surface area contributed by atoms with E-state index in [1.54, 1.807) is 0 Å². The van der Waals surface area contributed by atoms with Gasteiger partial charge in [-0.1, -0.05) is 48.5 Å². The average Bonchev–Trinajstić information content (AvgIpc) is 2.75. The Labute approximate surface area is 151 Å². The van der Waals surface area contributed by atoms with Gasteiger partial charge < -0.3 is 9.31 Å². The molecule has 0 unspecified atom stereocenters. The Morgan fingerprint density at radius 2 is 1.08 bits per heavy atom. The highest BCUT2D eigenvalue weighted by Gasteiger charge is 2.52. The second-order valence-electron chi connectivity index (χ2n) is 7.41. The number of hydrogen-bond acceptors (Lipinski definition) is 2. The smallest absolute Gasteiger partial charge is 0.399 e. The van der Waals surface area contributed by atoms with Crippen LogP contribution >= 0.6 is 15.9 Å². The summed E-state index contributed by atoms with van der Waals surface area (Å²) in [5.74, 6) is 0. The molecule has 122 valence electrons. The summed E-state index contributed by atoms with van der Waals surface area (Å²) in [7, 11) is -0.377. The standard InChI is InChI=1S/C20H20BBrO2/c1-19(2)20(3,4)24-21(23-19)17-13-9-5-7-11-15(13)18(22)16-12-8-6-10-14(16)17/h5-12H,1-4H3. The third kappa shape index (κ3) is 2.24. The van der Waals surface area contributed by atoms with E-state index in [2.05, 4.69) is 92.2 Å². The molecule has 0 radical (unpaired) electrons. The summed E-state index contributed by atoms with van der Waals surface area (Å²) < 4.78 is 13.9. The Hall–Kier alpha value is -1.36. The molecule has 0 atom stereocenters. The molecule has 0 N–H and O–H groups in total. The van der Waals surface area contributed by atoms with E-state index in [1.165, 1.54) is 21.5 Å². The summed E-state index contributed by atoms with van der Waals surface area (Å²) >= 11 is 3.79. The second kappa shape index (κ2) is 5.32. The van der Waals surface area contributed by atoms with Gasteiger partial charge in [0.15, 0.2) is 0 Å². The highest BCUT2D eigenvalue weighted by atomic mass is 79.9. The molecule has 0 aliphatic carbocycles. The maximum absolute atomic E-state index is 6.37. The first kappa shape index (κ1) is 16.1. The van der Waals surface area contributed by atoms with Gasteiger partial charge in [0, 0.05) is 4.47 Å². The summed E-state index contributed by atoms with van der Waals surface area (Å²) in [4.78, 5) is 0. The Balaban J connectivity index is 2.06. The van der Waals surface area contributed by atoms with Crippen LogP contribution in [0.25, 0.3) is 21.5 Å². The van der Waals surface area contributed by atoms with Gasteiger partial charge in [0.25, 0.3) is 0 Å². The monoisotopic (exact) mass is 382 g/mol. The molecule has 4 rings (SSSR count). The predicted molar refractivity (Wildman–Crippen MR) is 105 cm³/mol. The van der Waals surface area contributed by atoms with Gasteiger partial charge in [0.2, 0.25) is 0 Å². The zero-order valence-electron chi connectivity index (χ0n) is 14.4. The van der Waals surface area contributed by atoms with Crippen LogP contribution in [0.2, 0.25) is 0 Å². The molecule has 1 fully saturated rings. The summed E-state index contributed by atoms with van der Waals surface area (Å²) in [5, 5.41) is 4.70. The molecule has 24 heavy (non-hydrogen) atoms. The minimum atomic E-state index is -0.377. The minimum Gasteiger partial charge on any atom is -0.399 e. The molecule has 0 aromatic heterocycles. The maximum Gasteiger partial charge on any atom is 0.496 e. The molecule has 0 bridgehead atoms. The van der Waals surface area contributed by atoms with E-state index in [0.717, 1.165) is 9.94 Å². The lowest BCUT2D eigenvalue weighted by Crippen LogP contribution is -2.41. The lowest BCUT2D eigenvalue weighted by Gasteiger charge is -2.32. The topological polar surface area (TPSA) is 18.5 Å². The van der Waals surface area contributed by atoms with Crippen molar-refractivity contribution in [1.29, 1.82) is 0 Å². The lowest BCUT2D eigenvalue weighted by atomic mass is 9.73. The van der Waals surface area contributed by atoms with Gasteiger partial charge in [-0.15, -0.1) is 0 Å². The van der Waals surface area contributed by atoms with Crippen LogP contribution in [-0.4, -0.2) is 18.3 Å². The molecular formula is C20H20BBrO2. The number of halogens is 1. The van der Waals surface area contributed by atoms with Crippen molar-refractivity contribution in [3.63, 3.8) is 0 Å². The lowest BCUT2D eigenvalue weighted by molar-refractivity contribution is 0.00578. The third-order valence-electron chi connectivity index (χ3n) is 5.40. The van der Waals surface area contributed by atoms with Crippen LogP contribution in [0.3, 0.4) is 0 Å². The highest BCUT2D eigenvalue weighted by molar-refractivity contribution is 9.10. The Morgan fingerprint density at radius 3 is 1.50 bits per heavy atom. The molecule has 0 amide bonds. The van der Waals surface area contributed by atoms with Crippen molar-refractivity contribution < 1.29 is 9.31 Å².